The van der Waals surface area contributed by atoms with Gasteiger partial charge in [0.25, 0.3) is 0 Å². The van der Waals surface area contributed by atoms with Gasteiger partial charge in [0, 0.05) is 6.04 Å². The van der Waals surface area contributed by atoms with Gasteiger partial charge in [-0.25, -0.2) is 0 Å². The summed E-state index contributed by atoms with van der Waals surface area (Å²) < 4.78 is 0. The standard InChI is InChI=1S/C10H17NO2/c1-10(2)5-3-6(9(12)13)8(11)7(10)4-5/h5-8H,3-4,11H2,1-2H3,(H,12,13)/t5-,6-,7-,8-/m1/s1. The first-order valence-electron chi connectivity index (χ1n) is 4.93. The smallest absolute Gasteiger partial charge is 0.308 e. The molecule has 3 fully saturated rings. The van der Waals surface area contributed by atoms with Crippen LogP contribution in [0.5, 0.6) is 0 Å². The van der Waals surface area contributed by atoms with Crippen LogP contribution in [0, 0.1) is 23.2 Å². The lowest BCUT2D eigenvalue weighted by Crippen LogP contribution is -2.62. The number of nitrogens with two attached hydrogens (primary N) is 1. The van der Waals surface area contributed by atoms with Crippen LogP contribution in [-0.4, -0.2) is 17.1 Å². The van der Waals surface area contributed by atoms with Gasteiger partial charge in [0.15, 0.2) is 0 Å². The van der Waals surface area contributed by atoms with E-state index in [1.807, 2.05) is 0 Å². The maximum absolute atomic E-state index is 10.9. The van der Waals surface area contributed by atoms with E-state index in [2.05, 4.69) is 13.8 Å². The Labute approximate surface area is 78.3 Å². The monoisotopic (exact) mass is 183 g/mol. The van der Waals surface area contributed by atoms with Gasteiger partial charge in [-0.1, -0.05) is 13.8 Å². The molecule has 3 N–H and O–H groups in total. The fourth-order valence-electron chi connectivity index (χ4n) is 3.12. The maximum Gasteiger partial charge on any atom is 0.308 e. The summed E-state index contributed by atoms with van der Waals surface area (Å²) in [4.78, 5) is 10.9. The number of aliphatic carboxylic acids is 1. The summed E-state index contributed by atoms with van der Waals surface area (Å²) >= 11 is 0. The number of carboxylic acids is 1. The number of carbonyl (C=O) groups is 1. The van der Waals surface area contributed by atoms with Crippen molar-refractivity contribution in [2.45, 2.75) is 32.7 Å². The molecular weight excluding hydrogens is 166 g/mol. The molecule has 0 aromatic heterocycles. The summed E-state index contributed by atoms with van der Waals surface area (Å²) in [5.41, 5.74) is 6.24. The molecule has 0 aromatic rings. The van der Waals surface area contributed by atoms with Crippen LogP contribution in [0.25, 0.3) is 0 Å². The molecule has 3 saturated carbocycles. The van der Waals surface area contributed by atoms with Crippen LogP contribution in [0.15, 0.2) is 0 Å². The molecule has 74 valence electrons. The van der Waals surface area contributed by atoms with Crippen LogP contribution in [0.1, 0.15) is 26.7 Å². The summed E-state index contributed by atoms with van der Waals surface area (Å²) in [6, 6.07) is -0.127. The topological polar surface area (TPSA) is 63.3 Å². The Morgan fingerprint density at radius 2 is 2.08 bits per heavy atom. The minimum absolute atomic E-state index is 0.127. The van der Waals surface area contributed by atoms with E-state index in [1.54, 1.807) is 0 Å². The molecule has 0 heterocycles. The van der Waals surface area contributed by atoms with Crippen molar-refractivity contribution < 1.29 is 9.90 Å². The van der Waals surface area contributed by atoms with Crippen molar-refractivity contribution in [3.05, 3.63) is 0 Å². The third kappa shape index (κ3) is 1.03. The summed E-state index contributed by atoms with van der Waals surface area (Å²) in [6.07, 6.45) is 1.91. The number of rotatable bonds is 1. The highest BCUT2D eigenvalue weighted by Crippen LogP contribution is 2.60. The average Bonchev–Trinajstić information content (AvgIpc) is 2.02. The lowest BCUT2D eigenvalue weighted by Gasteiger charge is -2.60. The van der Waals surface area contributed by atoms with E-state index < -0.39 is 5.97 Å². The van der Waals surface area contributed by atoms with Crippen LogP contribution in [0.3, 0.4) is 0 Å². The number of carboxylic acid groups (broad SMARTS) is 1. The molecular formula is C10H17NO2. The van der Waals surface area contributed by atoms with E-state index in [9.17, 15) is 4.79 Å². The summed E-state index contributed by atoms with van der Waals surface area (Å²) in [5, 5.41) is 8.94. The SMILES string of the molecule is CC1(C)[C@H]2C[C@@H]1[C@H](N)[C@H](C(=O)O)C2. The second-order valence-electron chi connectivity index (χ2n) is 5.12. The molecule has 3 aliphatic carbocycles. The van der Waals surface area contributed by atoms with Gasteiger partial charge in [-0.2, -0.15) is 0 Å². The van der Waals surface area contributed by atoms with Gasteiger partial charge >= 0.3 is 5.97 Å². The largest absolute Gasteiger partial charge is 0.481 e. The van der Waals surface area contributed by atoms with Crippen LogP contribution in [0.2, 0.25) is 0 Å². The van der Waals surface area contributed by atoms with Crippen molar-refractivity contribution >= 4 is 5.97 Å². The van der Waals surface area contributed by atoms with Gasteiger partial charge in [-0.15, -0.1) is 0 Å². The van der Waals surface area contributed by atoms with Crippen LogP contribution >= 0.6 is 0 Å². The maximum atomic E-state index is 10.9. The highest BCUT2D eigenvalue weighted by Gasteiger charge is 2.58. The van der Waals surface area contributed by atoms with E-state index in [0.29, 0.717) is 11.8 Å². The van der Waals surface area contributed by atoms with Crippen LogP contribution in [-0.2, 0) is 4.79 Å². The molecule has 0 spiro atoms. The zero-order valence-corrected chi connectivity index (χ0v) is 8.16. The minimum atomic E-state index is -0.710. The van der Waals surface area contributed by atoms with Gasteiger partial charge in [-0.3, -0.25) is 4.79 Å². The number of hydrogen-bond donors (Lipinski definition) is 2. The van der Waals surface area contributed by atoms with Crippen molar-refractivity contribution in [2.75, 3.05) is 0 Å². The number of fused-ring (bicyclic) bond motifs is 2. The van der Waals surface area contributed by atoms with Gasteiger partial charge in [0.2, 0.25) is 0 Å². The lowest BCUT2D eigenvalue weighted by molar-refractivity contribution is -0.159. The Bertz CT molecular complexity index is 249. The molecule has 0 aliphatic heterocycles. The highest BCUT2D eigenvalue weighted by atomic mass is 16.4. The number of hydrogen-bond acceptors (Lipinski definition) is 2. The Morgan fingerprint density at radius 1 is 1.46 bits per heavy atom. The molecule has 13 heavy (non-hydrogen) atoms. The van der Waals surface area contributed by atoms with Crippen molar-refractivity contribution in [2.24, 2.45) is 28.9 Å². The fourth-order valence-corrected chi connectivity index (χ4v) is 3.12. The Morgan fingerprint density at radius 3 is 2.46 bits per heavy atom. The minimum Gasteiger partial charge on any atom is -0.481 e. The molecule has 0 amide bonds. The van der Waals surface area contributed by atoms with E-state index >= 15 is 0 Å². The van der Waals surface area contributed by atoms with Gasteiger partial charge in [0.1, 0.15) is 0 Å². The summed E-state index contributed by atoms with van der Waals surface area (Å²) in [5.74, 6) is 0.000208. The Hall–Kier alpha value is -0.570. The molecule has 0 aromatic carbocycles. The predicted octanol–water partition coefficient (Wildman–Crippen LogP) is 1.08. The Balaban J connectivity index is 2.16. The fraction of sp³-hybridized carbons (Fsp3) is 0.900. The molecule has 0 saturated heterocycles. The van der Waals surface area contributed by atoms with Gasteiger partial charge in [-0.05, 0) is 30.1 Å². The van der Waals surface area contributed by atoms with Gasteiger partial charge < -0.3 is 10.8 Å². The first-order chi connectivity index (χ1) is 5.94. The zero-order valence-electron chi connectivity index (χ0n) is 8.16. The lowest BCUT2D eigenvalue weighted by atomic mass is 9.45. The normalized spacial score (nSPS) is 46.7. The molecule has 0 unspecified atom stereocenters. The third-order valence-corrected chi connectivity index (χ3v) is 4.33. The second-order valence-corrected chi connectivity index (χ2v) is 5.12. The first-order valence-corrected chi connectivity index (χ1v) is 4.93. The summed E-state index contributed by atoms with van der Waals surface area (Å²) in [6.45, 7) is 4.42. The summed E-state index contributed by atoms with van der Waals surface area (Å²) in [7, 11) is 0. The van der Waals surface area contributed by atoms with E-state index in [4.69, 9.17) is 10.8 Å². The second kappa shape index (κ2) is 2.47. The quantitative estimate of drug-likeness (QED) is 0.639. The van der Waals surface area contributed by atoms with Crippen molar-refractivity contribution in [1.82, 2.24) is 0 Å². The Kier molecular flexibility index (Phi) is 1.71. The molecule has 0 radical (unpaired) electrons. The van der Waals surface area contributed by atoms with Gasteiger partial charge in [0.05, 0.1) is 5.92 Å². The van der Waals surface area contributed by atoms with E-state index in [-0.39, 0.29) is 17.4 Å². The average molecular weight is 183 g/mol. The highest BCUT2D eigenvalue weighted by molar-refractivity contribution is 5.71. The molecule has 3 aliphatic rings. The third-order valence-electron chi connectivity index (χ3n) is 4.33. The zero-order chi connectivity index (χ0) is 9.80. The van der Waals surface area contributed by atoms with Crippen molar-refractivity contribution in [1.29, 1.82) is 0 Å². The molecule has 3 heteroatoms. The molecule has 3 nitrogen and oxygen atoms in total. The van der Waals surface area contributed by atoms with E-state index in [1.165, 1.54) is 0 Å². The van der Waals surface area contributed by atoms with Crippen molar-refractivity contribution in [3.63, 3.8) is 0 Å². The molecule has 3 rings (SSSR count). The van der Waals surface area contributed by atoms with E-state index in [0.717, 1.165) is 12.8 Å². The van der Waals surface area contributed by atoms with Crippen molar-refractivity contribution in [3.8, 4) is 0 Å². The predicted molar refractivity (Wildman–Crippen MR) is 49.1 cm³/mol. The van der Waals surface area contributed by atoms with Crippen LogP contribution < -0.4 is 5.73 Å². The first kappa shape index (κ1) is 9.00. The van der Waals surface area contributed by atoms with Crippen LogP contribution in [0.4, 0.5) is 0 Å². The molecule has 4 atom stereocenters. The molecule has 2 bridgehead atoms.